The molecule has 0 aliphatic rings. The Kier molecular flexibility index (Phi) is 5.54. The van der Waals surface area contributed by atoms with Crippen LogP contribution in [0.3, 0.4) is 0 Å². The maximum absolute atomic E-state index is 13.2. The number of rotatable bonds is 4. The van der Waals surface area contributed by atoms with E-state index >= 15 is 0 Å². The van der Waals surface area contributed by atoms with E-state index in [0.717, 1.165) is 12.1 Å². The fourth-order valence-corrected chi connectivity index (χ4v) is 1.99. The molecule has 5 nitrogen and oxygen atoms in total. The summed E-state index contributed by atoms with van der Waals surface area (Å²) in [5, 5.41) is 11.4. The summed E-state index contributed by atoms with van der Waals surface area (Å²) in [6.07, 6.45) is -0.172. The van der Waals surface area contributed by atoms with Crippen LogP contribution >= 0.6 is 11.6 Å². The van der Waals surface area contributed by atoms with Crippen molar-refractivity contribution < 1.29 is 19.1 Å². The molecule has 0 bridgehead atoms. The van der Waals surface area contributed by atoms with Crippen LogP contribution < -0.4 is 5.32 Å². The van der Waals surface area contributed by atoms with Crippen molar-refractivity contribution in [2.45, 2.75) is 32.7 Å². The molecule has 0 heterocycles. The molecular weight excluding hydrogens is 299 g/mol. The third-order valence-electron chi connectivity index (χ3n) is 2.72. The normalized spacial score (nSPS) is 11.1. The minimum absolute atomic E-state index is 0.0493. The highest BCUT2D eigenvalue weighted by Crippen LogP contribution is 2.20. The van der Waals surface area contributed by atoms with Gasteiger partial charge in [0.15, 0.2) is 0 Å². The van der Waals surface area contributed by atoms with Crippen molar-refractivity contribution in [2.24, 2.45) is 0 Å². The maximum atomic E-state index is 13.2. The molecule has 0 unspecified atom stereocenters. The Bertz CT molecular complexity index is 523. The monoisotopic (exact) mass is 316 g/mol. The van der Waals surface area contributed by atoms with Crippen molar-refractivity contribution in [1.82, 2.24) is 4.90 Å². The number of benzene rings is 1. The molecule has 0 aliphatic heterocycles. The molecule has 1 aromatic carbocycles. The van der Waals surface area contributed by atoms with Gasteiger partial charge in [-0.25, -0.2) is 9.18 Å². The minimum atomic E-state index is -0.995. The number of carboxylic acids is 1. The number of amides is 2. The number of halogens is 2. The van der Waals surface area contributed by atoms with E-state index in [1.165, 1.54) is 11.0 Å². The average molecular weight is 317 g/mol. The summed E-state index contributed by atoms with van der Waals surface area (Å²) in [4.78, 5) is 24.3. The van der Waals surface area contributed by atoms with Crippen LogP contribution in [-0.2, 0) is 4.79 Å². The molecule has 0 aliphatic carbocycles. The molecule has 21 heavy (non-hydrogen) atoms. The number of urea groups is 1. The molecule has 2 N–H and O–H groups in total. The largest absolute Gasteiger partial charge is 0.481 e. The van der Waals surface area contributed by atoms with Gasteiger partial charge in [-0.2, -0.15) is 0 Å². The Morgan fingerprint density at radius 2 is 1.95 bits per heavy atom. The molecular formula is C14H18ClFN2O3. The standard InChI is InChI=1S/C14H18ClFN2O3/c1-14(2,3)18(5-4-12(19)20)13(21)17-11-7-9(15)6-10(16)8-11/h6-8H,4-5H2,1-3H3,(H,17,21)(H,19,20). The summed E-state index contributed by atoms with van der Waals surface area (Å²) in [6.45, 7) is 5.40. The van der Waals surface area contributed by atoms with Gasteiger partial charge in [0.25, 0.3) is 0 Å². The summed E-state index contributed by atoms with van der Waals surface area (Å²) in [6, 6.07) is 3.18. The molecule has 0 saturated heterocycles. The highest BCUT2D eigenvalue weighted by molar-refractivity contribution is 6.30. The zero-order chi connectivity index (χ0) is 16.2. The molecule has 1 aromatic rings. The second-order valence-corrected chi connectivity index (χ2v) is 5.99. The highest BCUT2D eigenvalue weighted by atomic mass is 35.5. The summed E-state index contributed by atoms with van der Waals surface area (Å²) in [5.41, 5.74) is -0.356. The third-order valence-corrected chi connectivity index (χ3v) is 2.94. The van der Waals surface area contributed by atoms with Gasteiger partial charge in [-0.05, 0) is 39.0 Å². The summed E-state index contributed by atoms with van der Waals surface area (Å²) < 4.78 is 13.2. The second-order valence-electron chi connectivity index (χ2n) is 5.55. The highest BCUT2D eigenvalue weighted by Gasteiger charge is 2.27. The molecule has 0 fully saturated rings. The van der Waals surface area contributed by atoms with E-state index in [1.54, 1.807) is 20.8 Å². The first-order valence-corrected chi connectivity index (χ1v) is 6.74. The maximum Gasteiger partial charge on any atom is 0.322 e. The number of nitrogens with one attached hydrogen (secondary N) is 1. The number of carboxylic acid groups (broad SMARTS) is 1. The van der Waals surface area contributed by atoms with Crippen LogP contribution in [0.25, 0.3) is 0 Å². The third kappa shape index (κ3) is 5.59. The number of hydrogen-bond acceptors (Lipinski definition) is 2. The zero-order valence-electron chi connectivity index (χ0n) is 12.1. The van der Waals surface area contributed by atoms with Crippen molar-refractivity contribution in [3.63, 3.8) is 0 Å². The lowest BCUT2D eigenvalue weighted by Gasteiger charge is -2.35. The van der Waals surface area contributed by atoms with Gasteiger partial charge in [0.05, 0.1) is 6.42 Å². The fourth-order valence-electron chi connectivity index (χ4n) is 1.77. The van der Waals surface area contributed by atoms with Crippen LogP contribution in [-0.4, -0.2) is 34.1 Å². The molecule has 7 heteroatoms. The van der Waals surface area contributed by atoms with Crippen LogP contribution in [0, 0.1) is 5.82 Å². The van der Waals surface area contributed by atoms with Crippen molar-refractivity contribution in [1.29, 1.82) is 0 Å². The number of aliphatic carboxylic acids is 1. The molecule has 1 rings (SSSR count). The Balaban J connectivity index is 2.87. The predicted octanol–water partition coefficient (Wildman–Crippen LogP) is 3.59. The quantitative estimate of drug-likeness (QED) is 0.892. The zero-order valence-corrected chi connectivity index (χ0v) is 12.9. The van der Waals surface area contributed by atoms with Gasteiger partial charge in [-0.1, -0.05) is 11.6 Å². The van der Waals surface area contributed by atoms with Crippen LogP contribution in [0.15, 0.2) is 18.2 Å². The smallest absolute Gasteiger partial charge is 0.322 e. The van der Waals surface area contributed by atoms with E-state index in [-0.39, 0.29) is 23.7 Å². The van der Waals surface area contributed by atoms with Gasteiger partial charge in [0.1, 0.15) is 5.82 Å². The Morgan fingerprint density at radius 3 is 2.43 bits per heavy atom. The van der Waals surface area contributed by atoms with E-state index in [0.29, 0.717) is 0 Å². The van der Waals surface area contributed by atoms with E-state index in [4.69, 9.17) is 16.7 Å². The Labute approximate surface area is 127 Å². The first-order chi connectivity index (χ1) is 9.59. The second kappa shape index (κ2) is 6.76. The van der Waals surface area contributed by atoms with Crippen LogP contribution in [0.5, 0.6) is 0 Å². The molecule has 0 atom stereocenters. The topological polar surface area (TPSA) is 69.6 Å². The number of carbonyl (C=O) groups excluding carboxylic acids is 1. The van der Waals surface area contributed by atoms with Crippen molar-refractivity contribution >= 4 is 29.3 Å². The van der Waals surface area contributed by atoms with Crippen LogP contribution in [0.4, 0.5) is 14.9 Å². The number of hydrogen-bond donors (Lipinski definition) is 2. The number of anilines is 1. The summed E-state index contributed by atoms with van der Waals surface area (Å²) in [7, 11) is 0. The summed E-state index contributed by atoms with van der Waals surface area (Å²) in [5.74, 6) is -1.56. The lowest BCUT2D eigenvalue weighted by molar-refractivity contribution is -0.137. The molecule has 0 spiro atoms. The lowest BCUT2D eigenvalue weighted by atomic mass is 10.1. The van der Waals surface area contributed by atoms with Crippen molar-refractivity contribution in [3.8, 4) is 0 Å². The molecule has 0 saturated carbocycles. The van der Waals surface area contributed by atoms with E-state index in [1.807, 2.05) is 0 Å². The van der Waals surface area contributed by atoms with Crippen molar-refractivity contribution in [3.05, 3.63) is 29.0 Å². The molecule has 0 radical (unpaired) electrons. The molecule has 0 aromatic heterocycles. The van der Waals surface area contributed by atoms with Gasteiger partial charge in [0.2, 0.25) is 0 Å². The minimum Gasteiger partial charge on any atom is -0.481 e. The van der Waals surface area contributed by atoms with E-state index < -0.39 is 23.4 Å². The predicted molar refractivity (Wildman–Crippen MR) is 79.1 cm³/mol. The number of nitrogens with zero attached hydrogens (tertiary/aromatic N) is 1. The van der Waals surface area contributed by atoms with E-state index in [9.17, 15) is 14.0 Å². The van der Waals surface area contributed by atoms with Gasteiger partial charge in [-0.15, -0.1) is 0 Å². The molecule has 116 valence electrons. The van der Waals surface area contributed by atoms with Crippen LogP contribution in [0.2, 0.25) is 5.02 Å². The Morgan fingerprint density at radius 1 is 1.33 bits per heavy atom. The Hall–Kier alpha value is -1.82. The summed E-state index contributed by atoms with van der Waals surface area (Å²) >= 11 is 5.72. The van der Waals surface area contributed by atoms with Crippen molar-refractivity contribution in [2.75, 3.05) is 11.9 Å². The lowest BCUT2D eigenvalue weighted by Crippen LogP contribution is -2.48. The van der Waals surface area contributed by atoms with Gasteiger partial charge < -0.3 is 15.3 Å². The van der Waals surface area contributed by atoms with Gasteiger partial charge in [-0.3, -0.25) is 4.79 Å². The first kappa shape index (κ1) is 17.2. The van der Waals surface area contributed by atoms with Crippen LogP contribution in [0.1, 0.15) is 27.2 Å². The SMILES string of the molecule is CC(C)(C)N(CCC(=O)O)C(=O)Nc1cc(F)cc(Cl)c1. The molecule has 2 amide bonds. The van der Waals surface area contributed by atoms with E-state index in [2.05, 4.69) is 5.32 Å². The first-order valence-electron chi connectivity index (χ1n) is 6.36. The average Bonchev–Trinajstić information content (AvgIpc) is 2.24. The number of carbonyl (C=O) groups is 2. The van der Waals surface area contributed by atoms with Gasteiger partial charge >= 0.3 is 12.0 Å². The fraction of sp³-hybridized carbons (Fsp3) is 0.429. The van der Waals surface area contributed by atoms with Gasteiger partial charge in [0, 0.05) is 22.8 Å².